The molecule has 3 heteroatoms. The molecule has 86 valence electrons. The second-order valence-electron chi connectivity index (χ2n) is 4.93. The molecular formula is C12H19BrO2. The Labute approximate surface area is 100 Å². The van der Waals surface area contributed by atoms with Gasteiger partial charge in [-0.15, -0.1) is 0 Å². The molecule has 0 radical (unpaired) electrons. The normalized spacial score (nSPS) is 27.0. The van der Waals surface area contributed by atoms with Gasteiger partial charge in [-0.2, -0.15) is 0 Å². The first-order chi connectivity index (χ1) is 6.91. The number of carbonyl (C=O) groups excluding carboxylic acids is 1. The van der Waals surface area contributed by atoms with E-state index >= 15 is 0 Å². The summed E-state index contributed by atoms with van der Waals surface area (Å²) in [4.78, 5) is 11.7. The molecule has 2 nitrogen and oxygen atoms in total. The van der Waals surface area contributed by atoms with Gasteiger partial charge in [0.1, 0.15) is 6.61 Å². The van der Waals surface area contributed by atoms with Gasteiger partial charge in [-0.05, 0) is 25.2 Å². The van der Waals surface area contributed by atoms with E-state index in [0.29, 0.717) is 17.9 Å². The van der Waals surface area contributed by atoms with Crippen LogP contribution in [0.1, 0.15) is 27.7 Å². The Hall–Kier alpha value is -0.310. The molecular weight excluding hydrogens is 256 g/mol. The van der Waals surface area contributed by atoms with Crippen LogP contribution < -0.4 is 0 Å². The smallest absolute Gasteiger partial charge is 0.310 e. The monoisotopic (exact) mass is 274 g/mol. The first kappa shape index (κ1) is 12.8. The number of halogens is 1. The third kappa shape index (κ3) is 2.83. The summed E-state index contributed by atoms with van der Waals surface area (Å²) in [5.74, 6) is 0.346. The minimum atomic E-state index is -0.0537. The molecule has 2 unspecified atom stereocenters. The van der Waals surface area contributed by atoms with E-state index in [9.17, 15) is 4.79 Å². The minimum absolute atomic E-state index is 0.0476. The maximum Gasteiger partial charge on any atom is 0.310 e. The van der Waals surface area contributed by atoms with E-state index in [0.717, 1.165) is 0 Å². The molecule has 0 aromatic rings. The molecule has 0 aliphatic heterocycles. The predicted molar refractivity (Wildman–Crippen MR) is 64.9 cm³/mol. The molecule has 1 aliphatic rings. The fourth-order valence-electron chi connectivity index (χ4n) is 2.03. The number of carbonyl (C=O) groups is 1. The number of esters is 1. The van der Waals surface area contributed by atoms with Crippen LogP contribution in [0.15, 0.2) is 11.6 Å². The SMILES string of the molecule is CC(C)=CC1C(C(=O)OCCBr)C1(C)C. The van der Waals surface area contributed by atoms with Crippen LogP contribution in [-0.4, -0.2) is 17.9 Å². The summed E-state index contributed by atoms with van der Waals surface area (Å²) in [5, 5.41) is 0.708. The molecule has 0 heterocycles. The van der Waals surface area contributed by atoms with Gasteiger partial charge in [0.2, 0.25) is 0 Å². The van der Waals surface area contributed by atoms with E-state index < -0.39 is 0 Å². The van der Waals surface area contributed by atoms with Crippen LogP contribution >= 0.6 is 15.9 Å². The molecule has 0 aromatic heterocycles. The van der Waals surface area contributed by atoms with Gasteiger partial charge in [-0.25, -0.2) is 0 Å². The molecule has 0 spiro atoms. The van der Waals surface area contributed by atoms with Crippen molar-refractivity contribution in [1.82, 2.24) is 0 Å². The molecule has 1 rings (SSSR count). The molecule has 1 aliphatic carbocycles. The largest absolute Gasteiger partial charge is 0.465 e. The zero-order valence-corrected chi connectivity index (χ0v) is 11.4. The quantitative estimate of drug-likeness (QED) is 0.447. The summed E-state index contributed by atoms with van der Waals surface area (Å²) in [6.45, 7) is 8.84. The number of hydrogen-bond donors (Lipinski definition) is 0. The number of rotatable bonds is 4. The van der Waals surface area contributed by atoms with Gasteiger partial charge in [-0.1, -0.05) is 41.4 Å². The Balaban J connectivity index is 2.58. The Bertz CT molecular complexity index is 277. The van der Waals surface area contributed by atoms with Crippen molar-refractivity contribution < 1.29 is 9.53 Å². The highest BCUT2D eigenvalue weighted by atomic mass is 79.9. The van der Waals surface area contributed by atoms with Crippen LogP contribution in [0.5, 0.6) is 0 Å². The van der Waals surface area contributed by atoms with E-state index in [4.69, 9.17) is 4.74 Å². The van der Waals surface area contributed by atoms with Crippen molar-refractivity contribution in [2.75, 3.05) is 11.9 Å². The second-order valence-corrected chi connectivity index (χ2v) is 5.72. The third-order valence-corrected chi connectivity index (χ3v) is 3.32. The maximum absolute atomic E-state index is 11.7. The average molecular weight is 275 g/mol. The van der Waals surface area contributed by atoms with Gasteiger partial charge in [0.25, 0.3) is 0 Å². The van der Waals surface area contributed by atoms with Crippen LogP contribution in [-0.2, 0) is 9.53 Å². The van der Waals surface area contributed by atoms with E-state index in [-0.39, 0.29) is 17.3 Å². The Morgan fingerprint density at radius 2 is 2.07 bits per heavy atom. The first-order valence-corrected chi connectivity index (χ1v) is 6.41. The zero-order chi connectivity index (χ0) is 11.6. The van der Waals surface area contributed by atoms with Crippen molar-refractivity contribution in [1.29, 1.82) is 0 Å². The van der Waals surface area contributed by atoms with Gasteiger partial charge >= 0.3 is 5.97 Å². The highest BCUT2D eigenvalue weighted by molar-refractivity contribution is 9.09. The maximum atomic E-state index is 11.7. The minimum Gasteiger partial charge on any atom is -0.465 e. The van der Waals surface area contributed by atoms with E-state index in [2.05, 4.69) is 49.7 Å². The zero-order valence-electron chi connectivity index (χ0n) is 9.84. The van der Waals surface area contributed by atoms with Crippen molar-refractivity contribution in [3.05, 3.63) is 11.6 Å². The Kier molecular flexibility index (Phi) is 3.99. The summed E-state index contributed by atoms with van der Waals surface area (Å²) >= 11 is 3.24. The highest BCUT2D eigenvalue weighted by Gasteiger charge is 2.61. The van der Waals surface area contributed by atoms with Crippen LogP contribution in [0.25, 0.3) is 0 Å². The number of ether oxygens (including phenoxy) is 1. The van der Waals surface area contributed by atoms with E-state index in [1.165, 1.54) is 5.57 Å². The summed E-state index contributed by atoms with van der Waals surface area (Å²) in [6.07, 6.45) is 2.18. The van der Waals surface area contributed by atoms with Crippen LogP contribution in [0, 0.1) is 17.3 Å². The molecule has 1 fully saturated rings. The van der Waals surface area contributed by atoms with Crippen molar-refractivity contribution >= 4 is 21.9 Å². The topological polar surface area (TPSA) is 26.3 Å². The molecule has 0 aromatic carbocycles. The predicted octanol–water partition coefficient (Wildman–Crippen LogP) is 3.16. The molecule has 1 saturated carbocycles. The van der Waals surface area contributed by atoms with Gasteiger partial charge < -0.3 is 4.74 Å². The van der Waals surface area contributed by atoms with Gasteiger partial charge in [0, 0.05) is 5.33 Å². The van der Waals surface area contributed by atoms with Crippen molar-refractivity contribution in [2.45, 2.75) is 27.7 Å². The van der Waals surface area contributed by atoms with Crippen molar-refractivity contribution in [2.24, 2.45) is 17.3 Å². The highest BCUT2D eigenvalue weighted by Crippen LogP contribution is 2.59. The summed E-state index contributed by atoms with van der Waals surface area (Å²) in [5.41, 5.74) is 1.34. The Morgan fingerprint density at radius 1 is 1.47 bits per heavy atom. The number of hydrogen-bond acceptors (Lipinski definition) is 2. The summed E-state index contributed by atoms with van der Waals surface area (Å²) in [7, 11) is 0. The third-order valence-electron chi connectivity index (χ3n) is 3.00. The summed E-state index contributed by atoms with van der Waals surface area (Å²) in [6, 6.07) is 0. The van der Waals surface area contributed by atoms with Crippen LogP contribution in [0.3, 0.4) is 0 Å². The molecule has 0 bridgehead atoms. The molecule has 2 atom stereocenters. The number of alkyl halides is 1. The lowest BCUT2D eigenvalue weighted by molar-refractivity contribution is -0.145. The second kappa shape index (κ2) is 4.69. The Morgan fingerprint density at radius 3 is 2.53 bits per heavy atom. The summed E-state index contributed by atoms with van der Waals surface area (Å²) < 4.78 is 5.15. The number of allylic oxidation sites excluding steroid dienone is 2. The van der Waals surface area contributed by atoms with Crippen LogP contribution in [0.4, 0.5) is 0 Å². The standard InChI is InChI=1S/C12H19BrO2/c1-8(2)7-9-10(12(9,3)4)11(14)15-6-5-13/h7,9-10H,5-6H2,1-4H3. The van der Waals surface area contributed by atoms with Crippen molar-refractivity contribution in [3.63, 3.8) is 0 Å². The molecule has 0 N–H and O–H groups in total. The van der Waals surface area contributed by atoms with Gasteiger partial charge in [-0.3, -0.25) is 4.79 Å². The lowest BCUT2D eigenvalue weighted by Gasteiger charge is -2.02. The average Bonchev–Trinajstić information content (AvgIpc) is 2.63. The molecule has 0 saturated heterocycles. The lowest BCUT2D eigenvalue weighted by atomic mass is 10.1. The molecule has 0 amide bonds. The van der Waals surface area contributed by atoms with E-state index in [1.54, 1.807) is 0 Å². The van der Waals surface area contributed by atoms with E-state index in [1.807, 2.05) is 0 Å². The molecule has 15 heavy (non-hydrogen) atoms. The lowest BCUT2D eigenvalue weighted by Crippen LogP contribution is -2.12. The fourth-order valence-corrected chi connectivity index (χ4v) is 2.19. The van der Waals surface area contributed by atoms with Gasteiger partial charge in [0.05, 0.1) is 5.92 Å². The van der Waals surface area contributed by atoms with Crippen molar-refractivity contribution in [3.8, 4) is 0 Å². The van der Waals surface area contributed by atoms with Gasteiger partial charge in [0.15, 0.2) is 0 Å². The first-order valence-electron chi connectivity index (χ1n) is 5.29. The van der Waals surface area contributed by atoms with Crippen LogP contribution in [0.2, 0.25) is 0 Å². The fraction of sp³-hybridized carbons (Fsp3) is 0.750.